The van der Waals surface area contributed by atoms with E-state index in [1.54, 1.807) is 12.1 Å². The predicted molar refractivity (Wildman–Crippen MR) is 76.5 cm³/mol. The number of rotatable bonds is 6. The fourth-order valence-electron chi connectivity index (χ4n) is 2.31. The van der Waals surface area contributed by atoms with Crippen molar-refractivity contribution in [3.63, 3.8) is 0 Å². The number of nitrogens with one attached hydrogen (secondary N) is 1. The number of hydrogen-bond donors (Lipinski definition) is 1. The summed E-state index contributed by atoms with van der Waals surface area (Å²) in [5, 5.41) is 3.47. The van der Waals surface area contributed by atoms with Crippen LogP contribution in [0.15, 0.2) is 18.2 Å². The molecule has 1 aromatic carbocycles. The highest BCUT2D eigenvalue weighted by molar-refractivity contribution is 5.32. The standard InChI is InChI=1S/C16H26FN/c1-12(2)11-18-9-8-16(4,5)15-7-6-14(17)10-13(15)3/h6-7,10,12,18H,8-9,11H2,1-5H3. The van der Waals surface area contributed by atoms with Crippen molar-refractivity contribution in [1.29, 1.82) is 0 Å². The quantitative estimate of drug-likeness (QED) is 0.752. The molecule has 0 fully saturated rings. The molecular weight excluding hydrogens is 225 g/mol. The van der Waals surface area contributed by atoms with Crippen LogP contribution in [0.4, 0.5) is 4.39 Å². The van der Waals surface area contributed by atoms with Crippen LogP contribution in [-0.2, 0) is 5.41 Å². The second-order valence-corrected chi connectivity index (χ2v) is 6.19. The van der Waals surface area contributed by atoms with E-state index in [0.29, 0.717) is 5.92 Å². The Hall–Kier alpha value is -0.890. The lowest BCUT2D eigenvalue weighted by atomic mass is 9.79. The van der Waals surface area contributed by atoms with Crippen LogP contribution in [0.2, 0.25) is 0 Å². The Bertz CT molecular complexity index is 383. The van der Waals surface area contributed by atoms with E-state index in [4.69, 9.17) is 0 Å². The van der Waals surface area contributed by atoms with E-state index in [1.165, 1.54) is 5.56 Å². The zero-order valence-corrected chi connectivity index (χ0v) is 12.3. The lowest BCUT2D eigenvalue weighted by Crippen LogP contribution is -2.28. The smallest absolute Gasteiger partial charge is 0.123 e. The summed E-state index contributed by atoms with van der Waals surface area (Å²) in [6.07, 6.45) is 1.06. The summed E-state index contributed by atoms with van der Waals surface area (Å²) in [5.74, 6) is 0.533. The van der Waals surface area contributed by atoms with Crippen molar-refractivity contribution in [2.45, 2.75) is 46.5 Å². The van der Waals surface area contributed by atoms with Crippen molar-refractivity contribution in [2.24, 2.45) is 5.92 Å². The van der Waals surface area contributed by atoms with Gasteiger partial charge < -0.3 is 5.32 Å². The molecule has 102 valence electrons. The van der Waals surface area contributed by atoms with Crippen molar-refractivity contribution in [2.75, 3.05) is 13.1 Å². The maximum Gasteiger partial charge on any atom is 0.123 e. The van der Waals surface area contributed by atoms with Gasteiger partial charge in [-0.2, -0.15) is 0 Å². The summed E-state index contributed by atoms with van der Waals surface area (Å²) in [6, 6.07) is 5.11. The molecule has 0 saturated carbocycles. The van der Waals surface area contributed by atoms with Crippen LogP contribution in [0, 0.1) is 18.7 Å². The summed E-state index contributed by atoms with van der Waals surface area (Å²) >= 11 is 0. The van der Waals surface area contributed by atoms with Crippen molar-refractivity contribution in [1.82, 2.24) is 5.32 Å². The Morgan fingerprint density at radius 1 is 1.28 bits per heavy atom. The van der Waals surface area contributed by atoms with Gasteiger partial charge in [0.2, 0.25) is 0 Å². The van der Waals surface area contributed by atoms with Crippen LogP contribution >= 0.6 is 0 Å². The molecule has 0 saturated heterocycles. The monoisotopic (exact) mass is 251 g/mol. The molecule has 1 N–H and O–H groups in total. The second kappa shape index (κ2) is 6.33. The highest BCUT2D eigenvalue weighted by atomic mass is 19.1. The van der Waals surface area contributed by atoms with Crippen LogP contribution in [0.1, 0.15) is 45.2 Å². The van der Waals surface area contributed by atoms with Crippen LogP contribution in [-0.4, -0.2) is 13.1 Å². The molecule has 2 heteroatoms. The molecule has 1 nitrogen and oxygen atoms in total. The first-order chi connectivity index (χ1) is 8.33. The van der Waals surface area contributed by atoms with Gasteiger partial charge in [-0.05, 0) is 61.0 Å². The molecule has 0 bridgehead atoms. The largest absolute Gasteiger partial charge is 0.316 e. The Morgan fingerprint density at radius 3 is 2.50 bits per heavy atom. The minimum atomic E-state index is -0.148. The molecule has 0 atom stereocenters. The average Bonchev–Trinajstić information content (AvgIpc) is 2.23. The van der Waals surface area contributed by atoms with Gasteiger partial charge in [-0.1, -0.05) is 33.8 Å². The number of benzene rings is 1. The molecular formula is C16H26FN. The highest BCUT2D eigenvalue weighted by Crippen LogP contribution is 2.29. The number of halogens is 1. The van der Waals surface area contributed by atoms with E-state index in [0.717, 1.165) is 25.1 Å². The van der Waals surface area contributed by atoms with Crippen LogP contribution in [0.5, 0.6) is 0 Å². The molecule has 0 amide bonds. The van der Waals surface area contributed by atoms with Gasteiger partial charge in [0.15, 0.2) is 0 Å². The zero-order chi connectivity index (χ0) is 13.8. The third-order valence-electron chi connectivity index (χ3n) is 3.40. The highest BCUT2D eigenvalue weighted by Gasteiger charge is 2.22. The van der Waals surface area contributed by atoms with Gasteiger partial charge in [0.1, 0.15) is 5.82 Å². The maximum absolute atomic E-state index is 13.1. The van der Waals surface area contributed by atoms with Crippen molar-refractivity contribution in [3.8, 4) is 0 Å². The SMILES string of the molecule is Cc1cc(F)ccc1C(C)(C)CCNCC(C)C. The van der Waals surface area contributed by atoms with E-state index in [1.807, 2.05) is 13.0 Å². The van der Waals surface area contributed by atoms with E-state index in [9.17, 15) is 4.39 Å². The fourth-order valence-corrected chi connectivity index (χ4v) is 2.31. The summed E-state index contributed by atoms with van der Waals surface area (Å²) in [7, 11) is 0. The fraction of sp³-hybridized carbons (Fsp3) is 0.625. The molecule has 0 aliphatic carbocycles. The molecule has 0 aliphatic heterocycles. The molecule has 18 heavy (non-hydrogen) atoms. The number of hydrogen-bond acceptors (Lipinski definition) is 1. The zero-order valence-electron chi connectivity index (χ0n) is 12.3. The van der Waals surface area contributed by atoms with Crippen molar-refractivity contribution in [3.05, 3.63) is 35.1 Å². The first-order valence-electron chi connectivity index (χ1n) is 6.80. The third-order valence-corrected chi connectivity index (χ3v) is 3.40. The van der Waals surface area contributed by atoms with Gasteiger partial charge in [-0.15, -0.1) is 0 Å². The molecule has 0 radical (unpaired) electrons. The molecule has 0 heterocycles. The lowest BCUT2D eigenvalue weighted by molar-refractivity contribution is 0.440. The average molecular weight is 251 g/mol. The minimum absolute atomic E-state index is 0.0851. The first kappa shape index (κ1) is 15.2. The van der Waals surface area contributed by atoms with Crippen molar-refractivity contribution < 1.29 is 4.39 Å². The normalized spacial score (nSPS) is 12.2. The second-order valence-electron chi connectivity index (χ2n) is 6.19. The molecule has 0 aromatic heterocycles. The molecule has 0 spiro atoms. The molecule has 0 unspecified atom stereocenters. The van der Waals surface area contributed by atoms with Gasteiger partial charge in [-0.3, -0.25) is 0 Å². The van der Waals surface area contributed by atoms with Gasteiger partial charge in [0.25, 0.3) is 0 Å². The molecule has 1 aromatic rings. The number of aryl methyl sites for hydroxylation is 1. The van der Waals surface area contributed by atoms with E-state index >= 15 is 0 Å². The summed E-state index contributed by atoms with van der Waals surface area (Å²) in [4.78, 5) is 0. The van der Waals surface area contributed by atoms with Crippen LogP contribution < -0.4 is 5.32 Å². The van der Waals surface area contributed by atoms with Crippen molar-refractivity contribution >= 4 is 0 Å². The van der Waals surface area contributed by atoms with Crippen LogP contribution in [0.3, 0.4) is 0 Å². The minimum Gasteiger partial charge on any atom is -0.316 e. The Labute approximate surface area is 111 Å². The lowest BCUT2D eigenvalue weighted by Gasteiger charge is -2.27. The first-order valence-corrected chi connectivity index (χ1v) is 6.80. The Kier molecular flexibility index (Phi) is 5.33. The van der Waals surface area contributed by atoms with Gasteiger partial charge >= 0.3 is 0 Å². The molecule has 1 rings (SSSR count). The summed E-state index contributed by atoms with van der Waals surface area (Å²) in [5.41, 5.74) is 2.38. The van der Waals surface area contributed by atoms with Crippen LogP contribution in [0.25, 0.3) is 0 Å². The Morgan fingerprint density at radius 2 is 1.94 bits per heavy atom. The van der Waals surface area contributed by atoms with Gasteiger partial charge in [0.05, 0.1) is 0 Å². The van der Waals surface area contributed by atoms with E-state index in [-0.39, 0.29) is 11.2 Å². The van der Waals surface area contributed by atoms with E-state index < -0.39 is 0 Å². The van der Waals surface area contributed by atoms with E-state index in [2.05, 4.69) is 33.0 Å². The third kappa shape index (κ3) is 4.41. The topological polar surface area (TPSA) is 12.0 Å². The summed E-state index contributed by atoms with van der Waals surface area (Å²) in [6.45, 7) is 12.9. The summed E-state index contributed by atoms with van der Waals surface area (Å²) < 4.78 is 13.1. The molecule has 0 aliphatic rings. The van der Waals surface area contributed by atoms with Gasteiger partial charge in [0, 0.05) is 0 Å². The van der Waals surface area contributed by atoms with Gasteiger partial charge in [-0.25, -0.2) is 4.39 Å². The Balaban J connectivity index is 2.62. The maximum atomic E-state index is 13.1. The predicted octanol–water partition coefficient (Wildman–Crippen LogP) is 4.05.